The van der Waals surface area contributed by atoms with Crippen LogP contribution in [0.15, 0.2) is 18.3 Å². The zero-order valence-corrected chi connectivity index (χ0v) is 5.88. The van der Waals surface area contributed by atoms with Gasteiger partial charge in [-0.3, -0.25) is 0 Å². The van der Waals surface area contributed by atoms with E-state index in [0.29, 0.717) is 5.65 Å². The van der Waals surface area contributed by atoms with Crippen LogP contribution < -0.4 is 0 Å². The maximum Gasteiger partial charge on any atom is 0.335 e. The highest BCUT2D eigenvalue weighted by Gasteiger charge is 2.04. The van der Waals surface area contributed by atoms with Crippen molar-refractivity contribution in [2.75, 3.05) is 0 Å². The molecule has 0 fully saturated rings. The molecule has 0 unspecified atom stereocenters. The molecule has 0 radical (unpaired) electrons. The Bertz CT molecular complexity index is 436. The summed E-state index contributed by atoms with van der Waals surface area (Å²) in [5, 5.41) is 19.2. The van der Waals surface area contributed by atoms with Gasteiger partial charge in [-0.1, -0.05) is 0 Å². The molecule has 6 heteroatoms. The third-order valence-corrected chi connectivity index (χ3v) is 1.45. The molecule has 2 aromatic rings. The van der Waals surface area contributed by atoms with Gasteiger partial charge in [0.25, 0.3) is 0 Å². The van der Waals surface area contributed by atoms with Gasteiger partial charge in [0.1, 0.15) is 0 Å². The highest BCUT2D eigenvalue weighted by Crippen LogP contribution is 2.01. The quantitative estimate of drug-likeness (QED) is 0.632. The van der Waals surface area contributed by atoms with E-state index in [4.69, 9.17) is 5.11 Å². The van der Waals surface area contributed by atoms with Crippen LogP contribution in [0.2, 0.25) is 0 Å². The number of hydrogen-bond donors (Lipinski definition) is 1. The van der Waals surface area contributed by atoms with Crippen LogP contribution in [0.5, 0.6) is 0 Å². The van der Waals surface area contributed by atoms with Gasteiger partial charge in [-0.05, 0) is 22.6 Å². The molecule has 0 aromatic carbocycles. The Morgan fingerprint density at radius 2 is 2.42 bits per heavy atom. The molecule has 2 heterocycles. The van der Waals surface area contributed by atoms with Crippen LogP contribution in [-0.2, 0) is 0 Å². The van der Waals surface area contributed by atoms with Crippen LogP contribution in [0, 0.1) is 0 Å². The molecule has 0 saturated heterocycles. The molecule has 12 heavy (non-hydrogen) atoms. The molecule has 0 aliphatic heterocycles. The van der Waals surface area contributed by atoms with E-state index >= 15 is 0 Å². The number of tetrazole rings is 1. The molecule has 0 saturated carbocycles. The molecule has 0 spiro atoms. The maximum absolute atomic E-state index is 10.5. The second-order valence-corrected chi connectivity index (χ2v) is 2.20. The van der Waals surface area contributed by atoms with Crippen molar-refractivity contribution in [3.05, 3.63) is 23.9 Å². The summed E-state index contributed by atoms with van der Waals surface area (Å²) in [6, 6.07) is 2.84. The number of fused-ring (bicyclic) bond motifs is 1. The summed E-state index contributed by atoms with van der Waals surface area (Å²) < 4.78 is 1.40. The van der Waals surface area contributed by atoms with Gasteiger partial charge < -0.3 is 5.11 Å². The lowest BCUT2D eigenvalue weighted by atomic mass is 10.3. The molecule has 0 atom stereocenters. The fourth-order valence-electron chi connectivity index (χ4n) is 0.873. The summed E-state index contributed by atoms with van der Waals surface area (Å²) in [7, 11) is 0. The molecular formula is C6H4N4O2. The third kappa shape index (κ3) is 0.895. The Morgan fingerprint density at radius 3 is 3.17 bits per heavy atom. The average Bonchev–Trinajstić information content (AvgIpc) is 2.49. The Balaban J connectivity index is 2.68. The van der Waals surface area contributed by atoms with Crippen molar-refractivity contribution < 1.29 is 9.90 Å². The van der Waals surface area contributed by atoms with Gasteiger partial charge in [-0.2, -0.15) is 0 Å². The molecule has 6 nitrogen and oxygen atoms in total. The lowest BCUT2D eigenvalue weighted by Gasteiger charge is -1.92. The lowest BCUT2D eigenvalue weighted by molar-refractivity contribution is 0.0697. The Morgan fingerprint density at radius 1 is 1.58 bits per heavy atom. The van der Waals surface area contributed by atoms with Crippen molar-refractivity contribution in [3.63, 3.8) is 0 Å². The van der Waals surface area contributed by atoms with E-state index in [1.807, 2.05) is 0 Å². The van der Waals surface area contributed by atoms with E-state index in [0.717, 1.165) is 0 Å². The molecule has 0 bridgehead atoms. The average molecular weight is 164 g/mol. The van der Waals surface area contributed by atoms with Crippen LogP contribution in [0.25, 0.3) is 5.65 Å². The van der Waals surface area contributed by atoms with Gasteiger partial charge >= 0.3 is 5.97 Å². The minimum Gasteiger partial charge on any atom is -0.478 e. The second kappa shape index (κ2) is 2.26. The predicted molar refractivity (Wildman–Crippen MR) is 37.7 cm³/mol. The summed E-state index contributed by atoms with van der Waals surface area (Å²) in [5.41, 5.74) is 0.604. The first kappa shape index (κ1) is 6.71. The van der Waals surface area contributed by atoms with Crippen LogP contribution in [0.4, 0.5) is 0 Å². The van der Waals surface area contributed by atoms with E-state index in [-0.39, 0.29) is 5.56 Å². The fraction of sp³-hybridized carbons (Fsp3) is 0. The number of carboxylic acids is 1. The van der Waals surface area contributed by atoms with Crippen molar-refractivity contribution in [2.45, 2.75) is 0 Å². The first-order chi connectivity index (χ1) is 5.77. The Kier molecular flexibility index (Phi) is 1.26. The smallest absolute Gasteiger partial charge is 0.335 e. The van der Waals surface area contributed by atoms with Gasteiger partial charge in [0, 0.05) is 6.20 Å². The molecule has 1 N–H and O–H groups in total. The van der Waals surface area contributed by atoms with Gasteiger partial charge in [-0.15, -0.1) is 5.10 Å². The first-order valence-electron chi connectivity index (χ1n) is 3.18. The van der Waals surface area contributed by atoms with Crippen LogP contribution in [0.1, 0.15) is 10.4 Å². The summed E-state index contributed by atoms with van der Waals surface area (Å²) >= 11 is 0. The second-order valence-electron chi connectivity index (χ2n) is 2.20. The molecule has 0 aliphatic carbocycles. The van der Waals surface area contributed by atoms with Gasteiger partial charge in [0.05, 0.1) is 5.56 Å². The number of nitrogens with zero attached hydrogens (tertiary/aromatic N) is 4. The lowest BCUT2D eigenvalue weighted by Crippen LogP contribution is -1.97. The van der Waals surface area contributed by atoms with Crippen LogP contribution in [-0.4, -0.2) is 31.1 Å². The Hall–Kier alpha value is -1.98. The topological polar surface area (TPSA) is 80.4 Å². The number of hydrogen-bond acceptors (Lipinski definition) is 4. The zero-order chi connectivity index (χ0) is 8.55. The molecule has 2 rings (SSSR count). The minimum absolute atomic E-state index is 0.178. The minimum atomic E-state index is -0.986. The van der Waals surface area contributed by atoms with Gasteiger partial charge in [0.15, 0.2) is 5.65 Å². The summed E-state index contributed by atoms with van der Waals surface area (Å²) in [5.74, 6) is -0.986. The summed E-state index contributed by atoms with van der Waals surface area (Å²) in [4.78, 5) is 10.5. The van der Waals surface area contributed by atoms with Crippen LogP contribution >= 0.6 is 0 Å². The SMILES string of the molecule is O=C(O)c1ccn2nnnc2c1. The highest BCUT2D eigenvalue weighted by molar-refractivity contribution is 5.88. The predicted octanol–water partition coefficient (Wildman–Crippen LogP) is -0.178. The van der Waals surface area contributed by atoms with Crippen LogP contribution in [0.3, 0.4) is 0 Å². The van der Waals surface area contributed by atoms with Gasteiger partial charge in [-0.25, -0.2) is 9.31 Å². The third-order valence-electron chi connectivity index (χ3n) is 1.45. The van der Waals surface area contributed by atoms with Crippen molar-refractivity contribution in [1.82, 2.24) is 20.0 Å². The highest BCUT2D eigenvalue weighted by atomic mass is 16.4. The Labute approximate surface area is 66.4 Å². The number of carboxylic acid groups (broad SMARTS) is 1. The van der Waals surface area contributed by atoms with Crippen molar-refractivity contribution in [3.8, 4) is 0 Å². The molecule has 2 aromatic heterocycles. The van der Waals surface area contributed by atoms with Crippen molar-refractivity contribution >= 4 is 11.6 Å². The standard InChI is InChI=1S/C6H4N4O2/c11-6(12)4-1-2-10-5(3-4)7-8-9-10/h1-3H,(H,11,12). The summed E-state index contributed by atoms with van der Waals surface area (Å²) in [6.07, 6.45) is 1.50. The van der Waals surface area contributed by atoms with Crippen molar-refractivity contribution in [2.24, 2.45) is 0 Å². The molecule has 0 aliphatic rings. The van der Waals surface area contributed by atoms with E-state index in [1.165, 1.54) is 22.8 Å². The molecule has 60 valence electrons. The van der Waals surface area contributed by atoms with Crippen molar-refractivity contribution in [1.29, 1.82) is 0 Å². The number of pyridine rings is 1. The monoisotopic (exact) mass is 164 g/mol. The largest absolute Gasteiger partial charge is 0.478 e. The normalized spacial score (nSPS) is 10.3. The van der Waals surface area contributed by atoms with E-state index in [2.05, 4.69) is 15.5 Å². The number of aromatic nitrogens is 4. The number of rotatable bonds is 1. The number of aromatic carboxylic acids is 1. The summed E-state index contributed by atoms with van der Waals surface area (Å²) in [6.45, 7) is 0. The molecule has 0 amide bonds. The van der Waals surface area contributed by atoms with E-state index < -0.39 is 5.97 Å². The van der Waals surface area contributed by atoms with E-state index in [1.54, 1.807) is 0 Å². The number of carbonyl (C=O) groups is 1. The zero-order valence-electron chi connectivity index (χ0n) is 5.88. The first-order valence-corrected chi connectivity index (χ1v) is 3.18. The fourth-order valence-corrected chi connectivity index (χ4v) is 0.873. The maximum atomic E-state index is 10.5. The van der Waals surface area contributed by atoms with E-state index in [9.17, 15) is 4.79 Å². The van der Waals surface area contributed by atoms with Gasteiger partial charge in [0.2, 0.25) is 0 Å². The molecular weight excluding hydrogens is 160 g/mol.